The van der Waals surface area contributed by atoms with Crippen molar-refractivity contribution < 1.29 is 13.9 Å². The summed E-state index contributed by atoms with van der Waals surface area (Å²) >= 11 is 0. The summed E-state index contributed by atoms with van der Waals surface area (Å²) in [5, 5.41) is 3.25. The van der Waals surface area contributed by atoms with E-state index in [1.165, 1.54) is 12.1 Å². The minimum atomic E-state index is -0.236. The van der Waals surface area contributed by atoms with Crippen molar-refractivity contribution in [2.45, 2.75) is 20.4 Å². The van der Waals surface area contributed by atoms with Gasteiger partial charge < -0.3 is 14.8 Å². The second-order valence-electron chi connectivity index (χ2n) is 4.51. The number of nitrogens with one attached hydrogen (secondary N) is 1. The summed E-state index contributed by atoms with van der Waals surface area (Å²) in [4.78, 5) is 0. The molecule has 2 rings (SSSR count). The van der Waals surface area contributed by atoms with Crippen LogP contribution >= 0.6 is 0 Å². The van der Waals surface area contributed by atoms with Crippen LogP contribution in [0.4, 0.5) is 10.1 Å². The second-order valence-corrected chi connectivity index (χ2v) is 4.51. The summed E-state index contributed by atoms with van der Waals surface area (Å²) in [5.41, 5.74) is 1.95. The van der Waals surface area contributed by atoms with Crippen molar-refractivity contribution in [2.75, 3.05) is 18.5 Å². The number of anilines is 1. The van der Waals surface area contributed by atoms with Gasteiger partial charge in [0.05, 0.1) is 13.2 Å². The first kappa shape index (κ1) is 15.2. The Morgan fingerprint density at radius 3 is 2.24 bits per heavy atom. The van der Waals surface area contributed by atoms with Crippen LogP contribution in [0.2, 0.25) is 0 Å². The zero-order chi connectivity index (χ0) is 15.1. The Morgan fingerprint density at radius 1 is 0.905 bits per heavy atom. The van der Waals surface area contributed by atoms with Gasteiger partial charge in [-0.15, -0.1) is 0 Å². The molecule has 0 amide bonds. The van der Waals surface area contributed by atoms with Crippen molar-refractivity contribution >= 4 is 5.69 Å². The summed E-state index contributed by atoms with van der Waals surface area (Å²) < 4.78 is 24.0. The smallest absolute Gasteiger partial charge is 0.161 e. The maximum absolute atomic E-state index is 12.8. The fraction of sp³-hybridized carbons (Fsp3) is 0.294. The van der Waals surface area contributed by atoms with Gasteiger partial charge in [0.15, 0.2) is 11.5 Å². The third kappa shape index (κ3) is 4.38. The van der Waals surface area contributed by atoms with E-state index in [-0.39, 0.29) is 5.82 Å². The Bertz CT molecular complexity index is 570. The molecule has 2 aromatic rings. The van der Waals surface area contributed by atoms with E-state index < -0.39 is 0 Å². The molecule has 3 nitrogen and oxygen atoms in total. The number of rotatable bonds is 7. The highest BCUT2D eigenvalue weighted by atomic mass is 19.1. The van der Waals surface area contributed by atoms with Gasteiger partial charge >= 0.3 is 0 Å². The molecule has 0 atom stereocenters. The van der Waals surface area contributed by atoms with Gasteiger partial charge in [-0.2, -0.15) is 0 Å². The van der Waals surface area contributed by atoms with Gasteiger partial charge in [0.25, 0.3) is 0 Å². The van der Waals surface area contributed by atoms with Crippen LogP contribution in [-0.4, -0.2) is 13.2 Å². The number of benzene rings is 2. The van der Waals surface area contributed by atoms with E-state index in [1.807, 2.05) is 32.0 Å². The van der Waals surface area contributed by atoms with Gasteiger partial charge in [0.2, 0.25) is 0 Å². The largest absolute Gasteiger partial charge is 0.490 e. The molecule has 0 bridgehead atoms. The first-order valence-corrected chi connectivity index (χ1v) is 7.11. The standard InChI is InChI=1S/C17H20FNO2/c1-3-20-16-10-5-13(11-17(16)21-4-2)12-19-15-8-6-14(18)7-9-15/h5-11,19H,3-4,12H2,1-2H3. The molecule has 4 heteroatoms. The van der Waals surface area contributed by atoms with E-state index in [1.54, 1.807) is 12.1 Å². The van der Waals surface area contributed by atoms with Crippen LogP contribution in [0, 0.1) is 5.82 Å². The molecule has 1 N–H and O–H groups in total. The third-order valence-electron chi connectivity index (χ3n) is 2.95. The molecule has 0 saturated carbocycles. The Kier molecular flexibility index (Phi) is 5.43. The van der Waals surface area contributed by atoms with Crippen LogP contribution in [0.5, 0.6) is 11.5 Å². The van der Waals surface area contributed by atoms with Crippen molar-refractivity contribution in [3.63, 3.8) is 0 Å². The van der Waals surface area contributed by atoms with Gasteiger partial charge in [-0.05, 0) is 55.8 Å². The molecule has 112 valence electrons. The molecule has 0 unspecified atom stereocenters. The Balaban J connectivity index is 2.05. The van der Waals surface area contributed by atoms with Crippen molar-refractivity contribution in [1.29, 1.82) is 0 Å². The molecule has 0 aliphatic rings. The molecule has 0 radical (unpaired) electrons. The first-order valence-electron chi connectivity index (χ1n) is 7.11. The van der Waals surface area contributed by atoms with Crippen LogP contribution in [0.3, 0.4) is 0 Å². The average Bonchev–Trinajstić information content (AvgIpc) is 2.49. The van der Waals surface area contributed by atoms with Crippen molar-refractivity contribution in [3.05, 3.63) is 53.8 Å². The lowest BCUT2D eigenvalue weighted by Crippen LogP contribution is -2.02. The van der Waals surface area contributed by atoms with Gasteiger partial charge in [-0.1, -0.05) is 6.07 Å². The predicted octanol–water partition coefficient (Wildman–Crippen LogP) is 4.24. The van der Waals surface area contributed by atoms with E-state index in [9.17, 15) is 4.39 Å². The van der Waals surface area contributed by atoms with Gasteiger partial charge in [0.1, 0.15) is 5.82 Å². The van der Waals surface area contributed by atoms with Gasteiger partial charge in [-0.25, -0.2) is 4.39 Å². The van der Waals surface area contributed by atoms with Crippen molar-refractivity contribution in [1.82, 2.24) is 0 Å². The van der Waals surface area contributed by atoms with Crippen LogP contribution in [0.15, 0.2) is 42.5 Å². The highest BCUT2D eigenvalue weighted by molar-refractivity contribution is 5.46. The molecule has 0 spiro atoms. The number of hydrogen-bond donors (Lipinski definition) is 1. The lowest BCUT2D eigenvalue weighted by molar-refractivity contribution is 0.287. The molecule has 0 heterocycles. The summed E-state index contributed by atoms with van der Waals surface area (Å²) in [6.45, 7) is 5.72. The average molecular weight is 289 g/mol. The lowest BCUT2D eigenvalue weighted by Gasteiger charge is -2.13. The number of hydrogen-bond acceptors (Lipinski definition) is 3. The first-order chi connectivity index (χ1) is 10.2. The van der Waals surface area contributed by atoms with E-state index in [2.05, 4.69) is 5.32 Å². The topological polar surface area (TPSA) is 30.5 Å². The maximum atomic E-state index is 12.8. The molecule has 2 aromatic carbocycles. The van der Waals surface area contributed by atoms with E-state index >= 15 is 0 Å². The normalized spacial score (nSPS) is 10.2. The fourth-order valence-electron chi connectivity index (χ4n) is 1.98. The second kappa shape index (κ2) is 7.53. The van der Waals surface area contributed by atoms with E-state index in [4.69, 9.17) is 9.47 Å². The molecule has 0 aromatic heterocycles. The molecule has 0 fully saturated rings. The van der Waals surface area contributed by atoms with Crippen LogP contribution in [-0.2, 0) is 6.54 Å². The predicted molar refractivity (Wildman–Crippen MR) is 82.5 cm³/mol. The summed E-state index contributed by atoms with van der Waals surface area (Å²) in [5.74, 6) is 1.27. The van der Waals surface area contributed by atoms with Crippen LogP contribution < -0.4 is 14.8 Å². The molecule has 21 heavy (non-hydrogen) atoms. The van der Waals surface area contributed by atoms with Crippen LogP contribution in [0.25, 0.3) is 0 Å². The van der Waals surface area contributed by atoms with Crippen LogP contribution in [0.1, 0.15) is 19.4 Å². The SMILES string of the molecule is CCOc1ccc(CNc2ccc(F)cc2)cc1OCC. The number of ether oxygens (including phenoxy) is 2. The lowest BCUT2D eigenvalue weighted by atomic mass is 10.2. The molecule has 0 aliphatic heterocycles. The minimum Gasteiger partial charge on any atom is -0.490 e. The fourth-order valence-corrected chi connectivity index (χ4v) is 1.98. The Hall–Kier alpha value is -2.23. The van der Waals surface area contributed by atoms with E-state index in [0.717, 1.165) is 22.7 Å². The summed E-state index contributed by atoms with van der Waals surface area (Å²) in [6.07, 6.45) is 0. The molecular formula is C17H20FNO2. The molecule has 0 aliphatic carbocycles. The highest BCUT2D eigenvalue weighted by Crippen LogP contribution is 2.28. The molecule has 0 saturated heterocycles. The monoisotopic (exact) mass is 289 g/mol. The van der Waals surface area contributed by atoms with E-state index in [0.29, 0.717) is 19.8 Å². The third-order valence-corrected chi connectivity index (χ3v) is 2.95. The highest BCUT2D eigenvalue weighted by Gasteiger charge is 2.06. The summed E-state index contributed by atoms with van der Waals surface area (Å²) in [6, 6.07) is 12.2. The van der Waals surface area contributed by atoms with Crippen molar-refractivity contribution in [3.8, 4) is 11.5 Å². The quantitative estimate of drug-likeness (QED) is 0.827. The minimum absolute atomic E-state index is 0.236. The zero-order valence-corrected chi connectivity index (χ0v) is 12.4. The Labute approximate surface area is 124 Å². The Morgan fingerprint density at radius 2 is 1.57 bits per heavy atom. The van der Waals surface area contributed by atoms with Gasteiger partial charge in [0, 0.05) is 12.2 Å². The maximum Gasteiger partial charge on any atom is 0.161 e. The van der Waals surface area contributed by atoms with Gasteiger partial charge in [-0.3, -0.25) is 0 Å². The zero-order valence-electron chi connectivity index (χ0n) is 12.4. The summed E-state index contributed by atoms with van der Waals surface area (Å²) in [7, 11) is 0. The molecular weight excluding hydrogens is 269 g/mol. The van der Waals surface area contributed by atoms with Crippen molar-refractivity contribution in [2.24, 2.45) is 0 Å². The number of halogens is 1.